The number of halogens is 3. The number of piperidine rings is 1. The second-order valence-corrected chi connectivity index (χ2v) is 5.77. The van der Waals surface area contributed by atoms with Gasteiger partial charge in [-0.15, -0.1) is 0 Å². The number of rotatable bonds is 3. The molecule has 6 heteroatoms. The lowest BCUT2D eigenvalue weighted by Crippen LogP contribution is -2.32. The van der Waals surface area contributed by atoms with Crippen LogP contribution in [0.25, 0.3) is 6.08 Å². The minimum absolute atomic E-state index is 0.341. The van der Waals surface area contributed by atoms with Crippen LogP contribution >= 0.6 is 0 Å². The molecule has 1 aliphatic rings. The van der Waals surface area contributed by atoms with E-state index in [9.17, 15) is 13.2 Å². The Morgan fingerprint density at radius 1 is 1.08 bits per heavy atom. The van der Waals surface area contributed by atoms with Gasteiger partial charge in [0.1, 0.15) is 6.33 Å². The summed E-state index contributed by atoms with van der Waals surface area (Å²) in [6.07, 6.45) is 5.24. The monoisotopic (exact) mass is 333 g/mol. The molecule has 0 spiro atoms. The number of hydrogen-bond donors (Lipinski definition) is 0. The molecule has 0 amide bonds. The van der Waals surface area contributed by atoms with Crippen LogP contribution in [0.1, 0.15) is 31.0 Å². The molecule has 0 N–H and O–H groups in total. The lowest BCUT2D eigenvalue weighted by atomic mass is 10.0. The van der Waals surface area contributed by atoms with Gasteiger partial charge in [-0.2, -0.15) is 0 Å². The molecule has 3 rings (SSSR count). The molecule has 0 aliphatic carbocycles. The Kier molecular flexibility index (Phi) is 4.83. The highest BCUT2D eigenvalue weighted by Gasteiger charge is 2.20. The molecule has 0 radical (unpaired) electrons. The lowest BCUT2D eigenvalue weighted by molar-refractivity contribution is 0.508. The topological polar surface area (TPSA) is 29.0 Å². The third kappa shape index (κ3) is 3.42. The van der Waals surface area contributed by atoms with Gasteiger partial charge in [-0.25, -0.2) is 23.1 Å². The maximum atomic E-state index is 14.3. The Balaban J connectivity index is 1.71. The largest absolute Gasteiger partial charge is 0.353 e. The third-order valence-corrected chi connectivity index (χ3v) is 4.20. The highest BCUT2D eigenvalue weighted by Crippen LogP contribution is 2.26. The zero-order chi connectivity index (χ0) is 17.1. The van der Waals surface area contributed by atoms with E-state index < -0.39 is 11.6 Å². The summed E-state index contributed by atoms with van der Waals surface area (Å²) in [5.41, 5.74) is 2.18. The van der Waals surface area contributed by atoms with E-state index in [1.165, 1.54) is 12.4 Å². The summed E-state index contributed by atoms with van der Waals surface area (Å²) in [6, 6.07) is 3.86. The normalized spacial score (nSPS) is 14.8. The lowest BCUT2D eigenvalue weighted by Gasteiger charge is -2.29. The fourth-order valence-electron chi connectivity index (χ4n) is 2.85. The molecule has 3 nitrogen and oxygen atoms in total. The van der Waals surface area contributed by atoms with E-state index in [2.05, 4.69) is 9.97 Å². The summed E-state index contributed by atoms with van der Waals surface area (Å²) in [4.78, 5) is 9.92. The summed E-state index contributed by atoms with van der Waals surface area (Å²) >= 11 is 0. The second-order valence-electron chi connectivity index (χ2n) is 5.77. The smallest absolute Gasteiger partial charge is 0.187 e. The van der Waals surface area contributed by atoms with E-state index in [-0.39, 0.29) is 5.82 Å². The molecule has 24 heavy (non-hydrogen) atoms. The van der Waals surface area contributed by atoms with Crippen molar-refractivity contribution in [1.82, 2.24) is 9.97 Å². The van der Waals surface area contributed by atoms with Gasteiger partial charge in [0.2, 0.25) is 0 Å². The Morgan fingerprint density at radius 3 is 2.50 bits per heavy atom. The first kappa shape index (κ1) is 16.5. The van der Waals surface area contributed by atoms with Crippen LogP contribution in [0.2, 0.25) is 0 Å². The maximum absolute atomic E-state index is 14.3. The van der Waals surface area contributed by atoms with Gasteiger partial charge in [0.25, 0.3) is 0 Å². The van der Waals surface area contributed by atoms with Crippen molar-refractivity contribution < 1.29 is 13.2 Å². The van der Waals surface area contributed by atoms with Gasteiger partial charge in [-0.1, -0.05) is 24.6 Å². The van der Waals surface area contributed by atoms with Crippen molar-refractivity contribution in [3.8, 4) is 0 Å². The zero-order valence-electron chi connectivity index (χ0n) is 13.4. The molecule has 0 bridgehead atoms. The quantitative estimate of drug-likeness (QED) is 0.845. The average Bonchev–Trinajstić information content (AvgIpc) is 2.59. The molecule has 2 aromatic rings. The summed E-state index contributed by atoms with van der Waals surface area (Å²) in [7, 11) is 0. The van der Waals surface area contributed by atoms with Crippen LogP contribution in [0.3, 0.4) is 0 Å². The minimum Gasteiger partial charge on any atom is -0.353 e. The van der Waals surface area contributed by atoms with Gasteiger partial charge in [-0.3, -0.25) is 0 Å². The first-order valence-electron chi connectivity index (χ1n) is 7.97. The highest BCUT2D eigenvalue weighted by molar-refractivity contribution is 5.54. The van der Waals surface area contributed by atoms with Gasteiger partial charge in [-0.05, 0) is 37.0 Å². The highest BCUT2D eigenvalue weighted by atomic mass is 19.2. The van der Waals surface area contributed by atoms with E-state index in [0.29, 0.717) is 36.6 Å². The standard InChI is InChI=1S/C18H18F3N3/c1-2-16-17(21)18(23-11-22-16)24-7-5-12(6-8-24)9-13-3-4-14(19)15(20)10-13/h3-4,9-11H,2,5-8H2,1H3. The first-order valence-corrected chi connectivity index (χ1v) is 7.97. The SMILES string of the molecule is CCc1ncnc(N2CCC(=Cc3ccc(F)c(F)c3)CC2)c1F. The van der Waals surface area contributed by atoms with Crippen molar-refractivity contribution in [2.45, 2.75) is 26.2 Å². The van der Waals surface area contributed by atoms with Crippen molar-refractivity contribution in [2.75, 3.05) is 18.0 Å². The number of aryl methyl sites for hydroxylation is 1. The van der Waals surface area contributed by atoms with Crippen LogP contribution in [0, 0.1) is 17.5 Å². The third-order valence-electron chi connectivity index (χ3n) is 4.20. The van der Waals surface area contributed by atoms with Gasteiger partial charge >= 0.3 is 0 Å². The second kappa shape index (κ2) is 7.03. The molecule has 1 aromatic heterocycles. The fourth-order valence-corrected chi connectivity index (χ4v) is 2.85. The van der Waals surface area contributed by atoms with Crippen LogP contribution in [0.4, 0.5) is 19.0 Å². The summed E-state index contributed by atoms with van der Waals surface area (Å²) in [5.74, 6) is -1.71. The van der Waals surface area contributed by atoms with Crippen molar-refractivity contribution in [3.05, 3.63) is 58.8 Å². The molecule has 0 unspecified atom stereocenters. The van der Waals surface area contributed by atoms with Gasteiger partial charge in [0.15, 0.2) is 23.3 Å². The van der Waals surface area contributed by atoms with E-state index in [1.807, 2.05) is 17.9 Å². The minimum atomic E-state index is -0.850. The zero-order valence-corrected chi connectivity index (χ0v) is 13.4. The van der Waals surface area contributed by atoms with Crippen LogP contribution in [0.15, 0.2) is 30.1 Å². The molecule has 0 atom stereocenters. The predicted molar refractivity (Wildman–Crippen MR) is 87.2 cm³/mol. The van der Waals surface area contributed by atoms with E-state index in [4.69, 9.17) is 0 Å². The number of benzene rings is 1. The van der Waals surface area contributed by atoms with Crippen molar-refractivity contribution >= 4 is 11.9 Å². The Morgan fingerprint density at radius 2 is 1.83 bits per heavy atom. The molecule has 1 saturated heterocycles. The first-order chi connectivity index (χ1) is 11.6. The Bertz CT molecular complexity index is 764. The Hall–Kier alpha value is -2.37. The van der Waals surface area contributed by atoms with Crippen LogP contribution in [-0.4, -0.2) is 23.1 Å². The molecular formula is C18H18F3N3. The van der Waals surface area contributed by atoms with E-state index in [0.717, 1.165) is 24.5 Å². The molecule has 1 fully saturated rings. The average molecular weight is 333 g/mol. The van der Waals surface area contributed by atoms with Crippen molar-refractivity contribution in [1.29, 1.82) is 0 Å². The number of anilines is 1. The predicted octanol–water partition coefficient (Wildman–Crippen LogP) is 4.14. The summed E-state index contributed by atoms with van der Waals surface area (Å²) in [5, 5.41) is 0. The summed E-state index contributed by atoms with van der Waals surface area (Å²) < 4.78 is 40.6. The Labute approximate surface area is 138 Å². The van der Waals surface area contributed by atoms with Crippen molar-refractivity contribution in [3.63, 3.8) is 0 Å². The molecule has 126 valence electrons. The van der Waals surface area contributed by atoms with Crippen LogP contribution < -0.4 is 4.90 Å². The maximum Gasteiger partial charge on any atom is 0.187 e. The van der Waals surface area contributed by atoms with E-state index >= 15 is 0 Å². The number of aromatic nitrogens is 2. The van der Waals surface area contributed by atoms with E-state index in [1.54, 1.807) is 6.07 Å². The number of nitrogens with zero attached hydrogens (tertiary/aromatic N) is 3. The van der Waals surface area contributed by atoms with Gasteiger partial charge in [0.05, 0.1) is 5.69 Å². The molecule has 0 saturated carbocycles. The molecular weight excluding hydrogens is 315 g/mol. The van der Waals surface area contributed by atoms with Crippen LogP contribution in [-0.2, 0) is 6.42 Å². The fraction of sp³-hybridized carbons (Fsp3) is 0.333. The van der Waals surface area contributed by atoms with Crippen molar-refractivity contribution in [2.24, 2.45) is 0 Å². The van der Waals surface area contributed by atoms with Gasteiger partial charge in [0, 0.05) is 13.1 Å². The summed E-state index contributed by atoms with van der Waals surface area (Å²) in [6.45, 7) is 3.12. The number of hydrogen-bond acceptors (Lipinski definition) is 3. The van der Waals surface area contributed by atoms with Crippen LogP contribution in [0.5, 0.6) is 0 Å². The molecule has 2 heterocycles. The van der Waals surface area contributed by atoms with Gasteiger partial charge < -0.3 is 4.90 Å². The molecule has 1 aromatic carbocycles. The molecule has 1 aliphatic heterocycles.